The number of hydrogen-bond acceptors (Lipinski definition) is 6. The summed E-state index contributed by atoms with van der Waals surface area (Å²) in [7, 11) is -2.05. The van der Waals surface area contributed by atoms with Crippen molar-refractivity contribution in [3.8, 4) is 28.7 Å². The van der Waals surface area contributed by atoms with E-state index < -0.39 is 37.7 Å². The highest BCUT2D eigenvalue weighted by Gasteiger charge is 2.42. The second-order valence-corrected chi connectivity index (χ2v) is 20.7. The fourth-order valence-corrected chi connectivity index (χ4v) is 13.0. The number of anilines is 1. The van der Waals surface area contributed by atoms with Crippen LogP contribution in [-0.2, 0) is 4.74 Å². The lowest BCUT2D eigenvalue weighted by atomic mass is 9.93. The van der Waals surface area contributed by atoms with Gasteiger partial charge in [-0.1, -0.05) is 83.9 Å². The van der Waals surface area contributed by atoms with Gasteiger partial charge in [-0.3, -0.25) is 0 Å². The molecule has 0 unspecified atom stereocenters. The molecule has 262 valence electrons. The SMILES string of the molecule is CC(C)[Si](C#Cc1cccc2cccc(-c3ccc4c(N5CCN(C(=O)OC(C)(C)C)[C@@H](CC#N)C5)nc(F)nc4c3F)c12)(C(C)C)C(C)C. The van der Waals surface area contributed by atoms with Crippen LogP contribution in [0, 0.1) is 34.7 Å². The Balaban J connectivity index is 1.60. The van der Waals surface area contributed by atoms with Crippen LogP contribution in [-0.4, -0.2) is 60.3 Å². The minimum atomic E-state index is -2.05. The van der Waals surface area contributed by atoms with Crippen molar-refractivity contribution >= 4 is 41.7 Å². The molecule has 50 heavy (non-hydrogen) atoms. The van der Waals surface area contributed by atoms with Crippen LogP contribution in [0.15, 0.2) is 48.5 Å². The Hall–Kier alpha value is -4.54. The molecule has 0 saturated carbocycles. The molecule has 1 amide bonds. The lowest BCUT2D eigenvalue weighted by molar-refractivity contribution is 0.0145. The Morgan fingerprint density at radius 3 is 2.24 bits per heavy atom. The van der Waals surface area contributed by atoms with E-state index in [2.05, 4.69) is 69.0 Å². The van der Waals surface area contributed by atoms with Crippen molar-refractivity contribution in [2.24, 2.45) is 0 Å². The predicted octanol–water partition coefficient (Wildman–Crippen LogP) is 9.64. The first kappa shape index (κ1) is 36.7. The molecule has 1 aliphatic heterocycles. The zero-order chi connectivity index (χ0) is 36.5. The van der Waals surface area contributed by atoms with Gasteiger partial charge in [0.1, 0.15) is 25.0 Å². The molecule has 0 aliphatic carbocycles. The Bertz CT molecular complexity index is 2000. The van der Waals surface area contributed by atoms with Gasteiger partial charge in [0, 0.05) is 41.5 Å². The predicted molar refractivity (Wildman–Crippen MR) is 199 cm³/mol. The van der Waals surface area contributed by atoms with Crippen molar-refractivity contribution in [1.29, 1.82) is 5.26 Å². The molecule has 10 heteroatoms. The molecule has 4 aromatic rings. The van der Waals surface area contributed by atoms with Crippen LogP contribution in [0.4, 0.5) is 19.4 Å². The molecule has 1 atom stereocenters. The quantitative estimate of drug-likeness (QED) is 0.114. The zero-order valence-corrected chi connectivity index (χ0v) is 31.6. The highest BCUT2D eigenvalue weighted by atomic mass is 28.3. The maximum absolute atomic E-state index is 16.7. The molecule has 7 nitrogen and oxygen atoms in total. The first-order chi connectivity index (χ1) is 23.6. The van der Waals surface area contributed by atoms with Gasteiger partial charge in [-0.15, -0.1) is 5.54 Å². The molecule has 1 saturated heterocycles. The normalized spacial score (nSPS) is 15.5. The highest BCUT2D eigenvalue weighted by Crippen LogP contribution is 2.42. The van der Waals surface area contributed by atoms with Gasteiger partial charge in [0.25, 0.3) is 0 Å². The van der Waals surface area contributed by atoms with Crippen LogP contribution >= 0.6 is 0 Å². The number of ether oxygens (including phenoxy) is 1. The Morgan fingerprint density at radius 2 is 1.62 bits per heavy atom. The van der Waals surface area contributed by atoms with Gasteiger partial charge in [-0.25, -0.2) is 9.18 Å². The summed E-state index contributed by atoms with van der Waals surface area (Å²) in [5.41, 5.74) is 6.13. The number of fused-ring (bicyclic) bond motifs is 2. The summed E-state index contributed by atoms with van der Waals surface area (Å²) in [6.45, 7) is 19.7. The van der Waals surface area contributed by atoms with E-state index in [0.29, 0.717) is 33.1 Å². The number of halogens is 2. The van der Waals surface area contributed by atoms with E-state index in [1.54, 1.807) is 37.8 Å². The Labute approximate surface area is 295 Å². The molecular weight excluding hydrogens is 649 g/mol. The van der Waals surface area contributed by atoms with Gasteiger partial charge in [0.15, 0.2) is 5.82 Å². The molecule has 3 aromatic carbocycles. The van der Waals surface area contributed by atoms with Crippen LogP contribution < -0.4 is 4.90 Å². The number of nitriles is 1. The molecule has 0 N–H and O–H groups in total. The van der Waals surface area contributed by atoms with Crippen LogP contribution in [0.1, 0.15) is 74.3 Å². The van der Waals surface area contributed by atoms with Crippen molar-refractivity contribution in [2.75, 3.05) is 24.5 Å². The summed E-state index contributed by atoms with van der Waals surface area (Å²) in [5.74, 6) is 3.13. The first-order valence-corrected chi connectivity index (χ1v) is 19.6. The van der Waals surface area contributed by atoms with Crippen LogP contribution in [0.25, 0.3) is 32.8 Å². The topological polar surface area (TPSA) is 82.4 Å². The molecule has 1 aromatic heterocycles. The van der Waals surface area contributed by atoms with Crippen LogP contribution in [0.3, 0.4) is 0 Å². The van der Waals surface area contributed by atoms with E-state index in [4.69, 9.17) is 4.74 Å². The van der Waals surface area contributed by atoms with E-state index >= 15 is 8.78 Å². The number of hydrogen-bond donors (Lipinski definition) is 0. The third-order valence-corrected chi connectivity index (χ3v) is 16.3. The lowest BCUT2D eigenvalue weighted by Crippen LogP contribution is -2.56. The molecule has 1 aliphatic rings. The number of aromatic nitrogens is 2. The molecular formula is C40H47F2N5O2Si. The average Bonchev–Trinajstić information content (AvgIpc) is 3.04. The zero-order valence-electron chi connectivity index (χ0n) is 30.6. The summed E-state index contributed by atoms with van der Waals surface area (Å²) in [6.07, 6.45) is -1.53. The van der Waals surface area contributed by atoms with Crippen molar-refractivity contribution in [3.05, 3.63) is 66.0 Å². The van der Waals surface area contributed by atoms with Crippen LogP contribution in [0.5, 0.6) is 0 Å². The van der Waals surface area contributed by atoms with Crippen LogP contribution in [0.2, 0.25) is 16.6 Å². The third kappa shape index (κ3) is 7.04. The number of carbonyl (C=O) groups is 1. The van der Waals surface area contributed by atoms with Crippen molar-refractivity contribution in [2.45, 2.75) is 97.0 Å². The first-order valence-electron chi connectivity index (χ1n) is 17.4. The Kier molecular flexibility index (Phi) is 10.6. The standard InChI is InChI=1S/C40H47F2N5O2Si/c1-25(2)50(26(3)4,27(5)6)23-19-29-13-10-12-28-14-11-15-31(34(28)29)32-16-17-33-36(35(32)41)44-38(42)45-37(33)46-21-22-47(30(24-46)18-20-43)39(48)49-40(7,8)9/h10-17,25-27,30H,18,21-22,24H2,1-9H3/t30-/m0/s1. The number of rotatable bonds is 6. The largest absolute Gasteiger partial charge is 0.444 e. The minimum absolute atomic E-state index is 0.0428. The minimum Gasteiger partial charge on any atom is -0.444 e. The highest BCUT2D eigenvalue weighted by molar-refractivity contribution is 6.90. The molecule has 0 bridgehead atoms. The molecule has 0 radical (unpaired) electrons. The molecule has 1 fully saturated rings. The fourth-order valence-electron chi connectivity index (χ4n) is 7.74. The van der Waals surface area contributed by atoms with Crippen molar-refractivity contribution in [3.63, 3.8) is 0 Å². The van der Waals surface area contributed by atoms with Gasteiger partial charge >= 0.3 is 12.2 Å². The number of nitrogens with zero attached hydrogens (tertiary/aromatic N) is 5. The summed E-state index contributed by atoms with van der Waals surface area (Å²) in [4.78, 5) is 24.3. The number of piperazine rings is 1. The molecule has 0 spiro atoms. The summed E-state index contributed by atoms with van der Waals surface area (Å²) in [6, 6.07) is 16.8. The maximum atomic E-state index is 16.7. The van der Waals surface area contributed by atoms with E-state index in [1.165, 1.54) is 4.90 Å². The number of benzene rings is 3. The van der Waals surface area contributed by atoms with Gasteiger partial charge in [-0.2, -0.15) is 19.6 Å². The second-order valence-electron chi connectivity index (χ2n) is 15.1. The summed E-state index contributed by atoms with van der Waals surface area (Å²) in [5, 5.41) is 11.7. The summed E-state index contributed by atoms with van der Waals surface area (Å²) < 4.78 is 37.5. The van der Waals surface area contributed by atoms with E-state index in [9.17, 15) is 10.1 Å². The average molecular weight is 696 g/mol. The van der Waals surface area contributed by atoms with E-state index in [0.717, 1.165) is 16.3 Å². The van der Waals surface area contributed by atoms with E-state index in [1.807, 2.05) is 36.4 Å². The molecule has 2 heterocycles. The molecule has 5 rings (SSSR count). The van der Waals surface area contributed by atoms with Gasteiger partial charge in [-0.05, 0) is 60.5 Å². The van der Waals surface area contributed by atoms with Gasteiger partial charge in [0.2, 0.25) is 0 Å². The summed E-state index contributed by atoms with van der Waals surface area (Å²) >= 11 is 0. The monoisotopic (exact) mass is 695 g/mol. The number of amides is 1. The van der Waals surface area contributed by atoms with Crippen molar-refractivity contribution < 1.29 is 18.3 Å². The second kappa shape index (κ2) is 14.4. The van der Waals surface area contributed by atoms with Crippen molar-refractivity contribution in [1.82, 2.24) is 14.9 Å². The number of carbonyl (C=O) groups excluding carboxylic acids is 1. The smallest absolute Gasteiger partial charge is 0.410 e. The lowest BCUT2D eigenvalue weighted by Gasteiger charge is -2.41. The third-order valence-electron chi connectivity index (χ3n) is 9.97. The Morgan fingerprint density at radius 1 is 0.960 bits per heavy atom. The van der Waals surface area contributed by atoms with Gasteiger partial charge < -0.3 is 14.5 Å². The van der Waals surface area contributed by atoms with E-state index in [-0.39, 0.29) is 37.4 Å². The van der Waals surface area contributed by atoms with Gasteiger partial charge in [0.05, 0.1) is 18.5 Å². The fraction of sp³-hybridized carbons (Fsp3) is 0.450. The maximum Gasteiger partial charge on any atom is 0.410 e.